The van der Waals surface area contributed by atoms with Crippen LogP contribution >= 0.6 is 11.6 Å². The maximum Gasteiger partial charge on any atom is 0.329 e. The van der Waals surface area contributed by atoms with Crippen LogP contribution < -0.4 is 10.7 Å². The highest BCUT2D eigenvalue weighted by Gasteiger charge is 2.26. The molecule has 0 aliphatic rings. The summed E-state index contributed by atoms with van der Waals surface area (Å²) in [5.74, 6) is -1.21. The summed E-state index contributed by atoms with van der Waals surface area (Å²) in [4.78, 5) is 28.0. The Labute approximate surface area is 230 Å². The first-order valence-corrected chi connectivity index (χ1v) is 13.5. The molecule has 2 aromatic carbocycles. The van der Waals surface area contributed by atoms with Crippen LogP contribution in [0.3, 0.4) is 0 Å². The summed E-state index contributed by atoms with van der Waals surface area (Å²) in [5.41, 5.74) is 3.61. The SMILES string of the molecule is O=C(NCc1cccnc1)C(=O)N/N=C/c1ccc(CN(Cc2ccc(Cl)cc2)S(=O)(=O)c2ccccc2)o1. The van der Waals surface area contributed by atoms with E-state index in [0.717, 1.165) is 11.1 Å². The number of pyridine rings is 1. The van der Waals surface area contributed by atoms with Crippen LogP contribution in [0.25, 0.3) is 0 Å². The quantitative estimate of drug-likeness (QED) is 0.172. The smallest absolute Gasteiger partial charge is 0.329 e. The second-order valence-corrected chi connectivity index (χ2v) is 10.6. The number of furan rings is 1. The first-order valence-electron chi connectivity index (χ1n) is 11.7. The van der Waals surface area contributed by atoms with E-state index in [1.165, 1.54) is 22.7 Å². The summed E-state index contributed by atoms with van der Waals surface area (Å²) in [6.07, 6.45) is 4.39. The second kappa shape index (κ2) is 13.0. The molecule has 12 heteroatoms. The van der Waals surface area contributed by atoms with E-state index < -0.39 is 21.8 Å². The Balaban J connectivity index is 1.40. The fourth-order valence-electron chi connectivity index (χ4n) is 3.45. The van der Waals surface area contributed by atoms with Gasteiger partial charge in [0.15, 0.2) is 0 Å². The van der Waals surface area contributed by atoms with E-state index in [2.05, 4.69) is 20.8 Å². The van der Waals surface area contributed by atoms with Crippen molar-refractivity contribution in [3.8, 4) is 0 Å². The molecule has 0 fully saturated rings. The zero-order valence-electron chi connectivity index (χ0n) is 20.5. The summed E-state index contributed by atoms with van der Waals surface area (Å²) in [6, 6.07) is 21.7. The third kappa shape index (κ3) is 7.84. The predicted octanol–water partition coefficient (Wildman–Crippen LogP) is 3.49. The van der Waals surface area contributed by atoms with Crippen molar-refractivity contribution in [2.45, 2.75) is 24.5 Å². The Kier molecular flexibility index (Phi) is 9.21. The lowest BCUT2D eigenvalue weighted by atomic mass is 10.2. The van der Waals surface area contributed by atoms with Crippen molar-refractivity contribution in [3.05, 3.63) is 119 Å². The molecule has 0 aliphatic carbocycles. The van der Waals surface area contributed by atoms with E-state index in [-0.39, 0.29) is 30.3 Å². The van der Waals surface area contributed by atoms with Crippen molar-refractivity contribution >= 4 is 39.7 Å². The molecule has 10 nitrogen and oxygen atoms in total. The number of carbonyl (C=O) groups excluding carboxylic acids is 2. The third-order valence-corrected chi connectivity index (χ3v) is 7.47. The molecular weight excluding hydrogens is 542 g/mol. The van der Waals surface area contributed by atoms with Gasteiger partial charge in [-0.3, -0.25) is 14.6 Å². The molecule has 0 spiro atoms. The Morgan fingerprint density at radius 1 is 0.923 bits per heavy atom. The largest absolute Gasteiger partial charge is 0.459 e. The first-order chi connectivity index (χ1) is 18.8. The van der Waals surface area contributed by atoms with E-state index in [0.29, 0.717) is 10.8 Å². The summed E-state index contributed by atoms with van der Waals surface area (Å²) in [6.45, 7) is 0.170. The molecule has 4 aromatic rings. The standard InChI is InChI=1S/C27H24ClN5O5S/c28-22-10-8-20(9-11-22)18-33(39(36,37)25-6-2-1-3-7-25)19-24-13-12-23(38-24)17-31-32-27(35)26(34)30-16-21-5-4-14-29-15-21/h1-15,17H,16,18-19H2,(H,30,34)(H,32,35)/b31-17+. The predicted molar refractivity (Wildman–Crippen MR) is 145 cm³/mol. The lowest BCUT2D eigenvalue weighted by Gasteiger charge is -2.21. The van der Waals surface area contributed by atoms with Gasteiger partial charge in [-0.05, 0) is 53.6 Å². The van der Waals surface area contributed by atoms with E-state index in [4.69, 9.17) is 16.0 Å². The molecule has 200 valence electrons. The molecule has 0 unspecified atom stereocenters. The zero-order valence-corrected chi connectivity index (χ0v) is 22.1. The topological polar surface area (TPSA) is 134 Å². The molecule has 2 aromatic heterocycles. The van der Waals surface area contributed by atoms with Gasteiger partial charge in [0.05, 0.1) is 17.7 Å². The molecule has 0 saturated heterocycles. The van der Waals surface area contributed by atoms with Crippen LogP contribution in [0.2, 0.25) is 5.02 Å². The lowest BCUT2D eigenvalue weighted by molar-refractivity contribution is -0.139. The normalized spacial score (nSPS) is 11.5. The number of rotatable bonds is 10. The van der Waals surface area contributed by atoms with Crippen molar-refractivity contribution in [3.63, 3.8) is 0 Å². The Morgan fingerprint density at radius 3 is 2.41 bits per heavy atom. The number of benzene rings is 2. The number of halogens is 1. The summed E-state index contributed by atoms with van der Waals surface area (Å²) >= 11 is 5.98. The van der Waals surface area contributed by atoms with Gasteiger partial charge >= 0.3 is 11.8 Å². The van der Waals surface area contributed by atoms with Crippen molar-refractivity contribution in [1.29, 1.82) is 0 Å². The lowest BCUT2D eigenvalue weighted by Crippen LogP contribution is -2.37. The Morgan fingerprint density at radius 2 is 1.69 bits per heavy atom. The van der Waals surface area contributed by atoms with Crippen molar-refractivity contribution < 1.29 is 22.4 Å². The number of nitrogens with zero attached hydrogens (tertiary/aromatic N) is 3. The van der Waals surface area contributed by atoms with Gasteiger partial charge in [-0.25, -0.2) is 13.8 Å². The van der Waals surface area contributed by atoms with E-state index in [1.807, 2.05) is 0 Å². The van der Waals surface area contributed by atoms with Crippen LogP contribution in [0.1, 0.15) is 22.6 Å². The number of aromatic nitrogens is 1. The number of hydrazone groups is 1. The molecule has 0 bridgehead atoms. The number of carbonyl (C=O) groups is 2. The average molecular weight is 566 g/mol. The maximum atomic E-state index is 13.4. The molecular formula is C27H24ClN5O5S. The molecule has 0 atom stereocenters. The molecule has 2 N–H and O–H groups in total. The van der Waals surface area contributed by atoms with E-state index in [9.17, 15) is 18.0 Å². The summed E-state index contributed by atoms with van der Waals surface area (Å²) in [5, 5.41) is 6.76. The molecule has 39 heavy (non-hydrogen) atoms. The van der Waals surface area contributed by atoms with Crippen LogP contribution in [0.4, 0.5) is 0 Å². The highest BCUT2D eigenvalue weighted by Crippen LogP contribution is 2.22. The number of nitrogens with one attached hydrogen (secondary N) is 2. The van der Waals surface area contributed by atoms with Crippen LogP contribution in [0.5, 0.6) is 0 Å². The van der Waals surface area contributed by atoms with Gasteiger partial charge in [-0.2, -0.15) is 9.41 Å². The highest BCUT2D eigenvalue weighted by atomic mass is 35.5. The molecule has 2 heterocycles. The fraction of sp³-hybridized carbons (Fsp3) is 0.111. The first kappa shape index (κ1) is 27.7. The molecule has 4 rings (SSSR count). The van der Waals surface area contributed by atoms with Gasteiger partial charge in [0.25, 0.3) is 0 Å². The Hall–Kier alpha value is -4.32. The van der Waals surface area contributed by atoms with Gasteiger partial charge < -0.3 is 9.73 Å². The van der Waals surface area contributed by atoms with Crippen molar-refractivity contribution in [2.24, 2.45) is 5.10 Å². The monoisotopic (exact) mass is 565 g/mol. The molecule has 0 saturated carbocycles. The average Bonchev–Trinajstić information content (AvgIpc) is 3.40. The third-order valence-electron chi connectivity index (χ3n) is 5.41. The highest BCUT2D eigenvalue weighted by molar-refractivity contribution is 7.89. The molecule has 2 amide bonds. The minimum Gasteiger partial charge on any atom is -0.459 e. The number of hydrogen-bond acceptors (Lipinski definition) is 7. The van der Waals surface area contributed by atoms with Crippen molar-refractivity contribution in [1.82, 2.24) is 20.0 Å². The van der Waals surface area contributed by atoms with Crippen LogP contribution in [0, 0.1) is 0 Å². The number of sulfonamides is 1. The van der Waals surface area contributed by atoms with Gasteiger partial charge in [-0.15, -0.1) is 0 Å². The summed E-state index contributed by atoms with van der Waals surface area (Å²) in [7, 11) is -3.86. The Bertz CT molecular complexity index is 1540. The fourth-order valence-corrected chi connectivity index (χ4v) is 5.00. The van der Waals surface area contributed by atoms with E-state index >= 15 is 0 Å². The zero-order chi connectivity index (χ0) is 27.7. The van der Waals surface area contributed by atoms with Gasteiger partial charge in [-0.1, -0.05) is 48.0 Å². The second-order valence-electron chi connectivity index (χ2n) is 8.26. The van der Waals surface area contributed by atoms with Crippen LogP contribution in [-0.4, -0.2) is 35.7 Å². The van der Waals surface area contributed by atoms with Crippen molar-refractivity contribution in [2.75, 3.05) is 0 Å². The number of amides is 2. The van der Waals surface area contributed by atoms with Gasteiger partial charge in [0, 0.05) is 30.5 Å². The minimum atomic E-state index is -3.86. The van der Waals surface area contributed by atoms with Gasteiger partial charge in [0.1, 0.15) is 11.5 Å². The minimum absolute atomic E-state index is 0.0587. The van der Waals surface area contributed by atoms with Crippen LogP contribution in [0.15, 0.2) is 106 Å². The van der Waals surface area contributed by atoms with Gasteiger partial charge in [0.2, 0.25) is 10.0 Å². The molecule has 0 aliphatic heterocycles. The molecule has 0 radical (unpaired) electrons. The van der Waals surface area contributed by atoms with Crippen LogP contribution in [-0.2, 0) is 39.2 Å². The van der Waals surface area contributed by atoms with E-state index in [1.54, 1.807) is 79.1 Å². The number of hydrogen-bond donors (Lipinski definition) is 2. The maximum absolute atomic E-state index is 13.4. The summed E-state index contributed by atoms with van der Waals surface area (Å²) < 4.78 is 33.8.